The average molecular weight is 508 g/mol. The van der Waals surface area contributed by atoms with E-state index in [2.05, 4.69) is 41.9 Å². The molecular formula is C28H28ClF2N5. The Hall–Kier alpha value is -3.45. The number of pyridine rings is 2. The highest BCUT2D eigenvalue weighted by atomic mass is 35.5. The molecule has 5 nitrogen and oxygen atoms in total. The van der Waals surface area contributed by atoms with Gasteiger partial charge in [-0.05, 0) is 37.1 Å². The van der Waals surface area contributed by atoms with Gasteiger partial charge in [0.15, 0.2) is 0 Å². The van der Waals surface area contributed by atoms with E-state index in [0.717, 1.165) is 49.0 Å². The molecule has 0 aliphatic carbocycles. The number of unbranched alkanes of at least 4 members (excludes halogenated alkanes) is 1. The van der Waals surface area contributed by atoms with Crippen molar-refractivity contribution in [1.29, 1.82) is 5.41 Å². The van der Waals surface area contributed by atoms with E-state index in [9.17, 15) is 8.78 Å². The normalized spacial score (nSPS) is 12.2. The first-order valence-electron chi connectivity index (χ1n) is 12.0. The highest BCUT2D eigenvalue weighted by Crippen LogP contribution is 2.29. The lowest BCUT2D eigenvalue weighted by atomic mass is 10.00. The molecule has 1 unspecified atom stereocenters. The predicted octanol–water partition coefficient (Wildman–Crippen LogP) is 7.82. The molecule has 0 aliphatic heterocycles. The third-order valence-corrected chi connectivity index (χ3v) is 6.69. The Kier molecular flexibility index (Phi) is 7.59. The largest absolute Gasteiger partial charge is 0.328 e. The Balaban J connectivity index is 1.72. The van der Waals surface area contributed by atoms with Gasteiger partial charge in [-0.2, -0.15) is 0 Å². The Morgan fingerprint density at radius 3 is 2.58 bits per heavy atom. The third-order valence-electron chi connectivity index (χ3n) is 6.40. The Bertz CT molecular complexity index is 1460. The second-order valence-electron chi connectivity index (χ2n) is 8.87. The van der Waals surface area contributed by atoms with Crippen LogP contribution >= 0.6 is 11.6 Å². The Morgan fingerprint density at radius 1 is 1.08 bits per heavy atom. The number of allylic oxidation sites excluding steroid dienone is 1. The summed E-state index contributed by atoms with van der Waals surface area (Å²) in [5.41, 5.74) is 3.39. The van der Waals surface area contributed by atoms with Crippen molar-refractivity contribution >= 4 is 33.9 Å². The molecule has 186 valence electrons. The van der Waals surface area contributed by atoms with Crippen molar-refractivity contribution in [2.75, 3.05) is 0 Å². The molecule has 0 radical (unpaired) electrons. The van der Waals surface area contributed by atoms with Crippen LogP contribution in [0.5, 0.6) is 0 Å². The fourth-order valence-electron chi connectivity index (χ4n) is 4.07. The number of aromatic nitrogens is 4. The van der Waals surface area contributed by atoms with Crippen LogP contribution in [0.2, 0.25) is 5.02 Å². The molecule has 4 rings (SSSR count). The first kappa shape index (κ1) is 25.6. The molecule has 3 heterocycles. The molecule has 0 spiro atoms. The molecule has 8 heteroatoms. The Morgan fingerprint density at radius 2 is 1.86 bits per heavy atom. The lowest BCUT2D eigenvalue weighted by Crippen LogP contribution is -2.08. The number of hydrogen-bond donors (Lipinski definition) is 1. The van der Waals surface area contributed by atoms with Crippen LogP contribution in [0.1, 0.15) is 63.0 Å². The van der Waals surface area contributed by atoms with Crippen LogP contribution in [-0.4, -0.2) is 25.2 Å². The van der Waals surface area contributed by atoms with Crippen molar-refractivity contribution in [3.05, 3.63) is 83.0 Å². The molecule has 0 saturated heterocycles. The fourth-order valence-corrected chi connectivity index (χ4v) is 4.23. The molecule has 3 aromatic heterocycles. The maximum absolute atomic E-state index is 14.3. The molecule has 0 aliphatic rings. The van der Waals surface area contributed by atoms with Crippen molar-refractivity contribution in [3.63, 3.8) is 0 Å². The molecule has 1 atom stereocenters. The van der Waals surface area contributed by atoms with Crippen LogP contribution in [0.3, 0.4) is 0 Å². The van der Waals surface area contributed by atoms with Gasteiger partial charge in [0.05, 0.1) is 39.4 Å². The molecule has 0 amide bonds. The summed E-state index contributed by atoms with van der Waals surface area (Å²) in [5, 5.41) is 8.17. The summed E-state index contributed by atoms with van der Waals surface area (Å²) in [6.07, 6.45) is 6.82. The van der Waals surface area contributed by atoms with E-state index in [1.807, 2.05) is 18.5 Å². The van der Waals surface area contributed by atoms with Crippen molar-refractivity contribution < 1.29 is 8.78 Å². The lowest BCUT2D eigenvalue weighted by Gasteiger charge is -2.15. The van der Waals surface area contributed by atoms with Gasteiger partial charge in [0.25, 0.3) is 0 Å². The van der Waals surface area contributed by atoms with Crippen LogP contribution in [0.15, 0.2) is 49.3 Å². The van der Waals surface area contributed by atoms with Crippen molar-refractivity contribution in [3.8, 4) is 11.3 Å². The highest BCUT2D eigenvalue weighted by molar-refractivity contribution is 6.33. The minimum atomic E-state index is -0.884. The topological polar surface area (TPSA) is 67.5 Å². The second kappa shape index (κ2) is 10.7. The standard InChI is InChI=1S/C28H28ClF2N5/c1-5-7-10-36-26(15-34-28(36)16(3)6-2)18-11-25-24(33-14-18)9-8-23(35-25)17(4)27(32)19-12-20(29)22(31)13-21(19)30/h8-9,11-16,32H,4-7,10H2,1-3H3. The van der Waals surface area contributed by atoms with E-state index in [0.29, 0.717) is 28.7 Å². The highest BCUT2D eigenvalue weighted by Gasteiger charge is 2.19. The fraction of sp³-hybridized carbons (Fsp3) is 0.286. The number of benzene rings is 1. The van der Waals surface area contributed by atoms with Gasteiger partial charge < -0.3 is 4.57 Å². The van der Waals surface area contributed by atoms with E-state index in [1.165, 1.54) is 0 Å². The smallest absolute Gasteiger partial charge is 0.144 e. The summed E-state index contributed by atoms with van der Waals surface area (Å²) < 4.78 is 30.2. The quantitative estimate of drug-likeness (QED) is 0.185. The summed E-state index contributed by atoms with van der Waals surface area (Å²) in [6, 6.07) is 7.16. The molecule has 4 aromatic rings. The molecule has 1 N–H and O–H groups in total. The third kappa shape index (κ3) is 4.93. The maximum Gasteiger partial charge on any atom is 0.144 e. The number of hydrogen-bond acceptors (Lipinski definition) is 4. The minimum absolute atomic E-state index is 0.141. The van der Waals surface area contributed by atoms with Gasteiger partial charge in [0.2, 0.25) is 0 Å². The number of nitrogens with zero attached hydrogens (tertiary/aromatic N) is 4. The summed E-state index contributed by atoms with van der Waals surface area (Å²) >= 11 is 5.81. The number of nitrogens with one attached hydrogen (secondary N) is 1. The van der Waals surface area contributed by atoms with Crippen molar-refractivity contribution in [2.45, 2.75) is 52.5 Å². The minimum Gasteiger partial charge on any atom is -0.328 e. The zero-order chi connectivity index (χ0) is 26.0. The summed E-state index contributed by atoms with van der Waals surface area (Å²) in [4.78, 5) is 14.0. The van der Waals surface area contributed by atoms with Gasteiger partial charge in [0, 0.05) is 41.4 Å². The summed E-state index contributed by atoms with van der Waals surface area (Å²) in [5.74, 6) is -0.369. The summed E-state index contributed by atoms with van der Waals surface area (Å²) in [6.45, 7) is 11.3. The zero-order valence-electron chi connectivity index (χ0n) is 20.6. The van der Waals surface area contributed by atoms with Crippen LogP contribution in [0.25, 0.3) is 27.9 Å². The average Bonchev–Trinajstić information content (AvgIpc) is 3.31. The van der Waals surface area contributed by atoms with Gasteiger partial charge in [-0.1, -0.05) is 45.4 Å². The van der Waals surface area contributed by atoms with E-state index in [1.54, 1.807) is 12.1 Å². The predicted molar refractivity (Wildman–Crippen MR) is 142 cm³/mol. The Labute approximate surface area is 214 Å². The van der Waals surface area contributed by atoms with E-state index < -0.39 is 11.6 Å². The second-order valence-corrected chi connectivity index (χ2v) is 9.28. The summed E-state index contributed by atoms with van der Waals surface area (Å²) in [7, 11) is 0. The van der Waals surface area contributed by atoms with Crippen LogP contribution in [-0.2, 0) is 6.54 Å². The number of imidazole rings is 1. The molecular weight excluding hydrogens is 480 g/mol. The van der Waals surface area contributed by atoms with Gasteiger partial charge in [0.1, 0.15) is 17.5 Å². The number of fused-ring (bicyclic) bond motifs is 1. The monoisotopic (exact) mass is 507 g/mol. The zero-order valence-corrected chi connectivity index (χ0v) is 21.3. The van der Waals surface area contributed by atoms with Crippen molar-refractivity contribution in [2.24, 2.45) is 0 Å². The van der Waals surface area contributed by atoms with Gasteiger partial charge in [-0.15, -0.1) is 0 Å². The number of halogens is 3. The molecule has 0 fully saturated rings. The van der Waals surface area contributed by atoms with E-state index in [-0.39, 0.29) is 21.9 Å². The molecule has 36 heavy (non-hydrogen) atoms. The van der Waals surface area contributed by atoms with E-state index >= 15 is 0 Å². The molecule has 1 aromatic carbocycles. The first-order valence-corrected chi connectivity index (χ1v) is 12.4. The lowest BCUT2D eigenvalue weighted by molar-refractivity contribution is 0.565. The van der Waals surface area contributed by atoms with Crippen LogP contribution in [0.4, 0.5) is 8.78 Å². The van der Waals surface area contributed by atoms with Gasteiger partial charge in [-0.3, -0.25) is 10.4 Å². The van der Waals surface area contributed by atoms with Gasteiger partial charge >= 0.3 is 0 Å². The number of rotatable bonds is 9. The van der Waals surface area contributed by atoms with Crippen LogP contribution in [0, 0.1) is 17.0 Å². The van der Waals surface area contributed by atoms with E-state index in [4.69, 9.17) is 22.0 Å². The van der Waals surface area contributed by atoms with Crippen LogP contribution < -0.4 is 0 Å². The first-order chi connectivity index (χ1) is 17.2. The van der Waals surface area contributed by atoms with Gasteiger partial charge in [-0.25, -0.2) is 18.7 Å². The molecule has 0 saturated carbocycles. The van der Waals surface area contributed by atoms with Crippen molar-refractivity contribution in [1.82, 2.24) is 19.5 Å². The molecule has 0 bridgehead atoms. The SMILES string of the molecule is C=C(C(=N)c1cc(Cl)c(F)cc1F)c1ccc2ncc(-c3cnc(C(C)CC)n3CCCC)cc2n1. The maximum atomic E-state index is 14.3.